The molecule has 28 heavy (non-hydrogen) atoms. The fourth-order valence-corrected chi connectivity index (χ4v) is 5.31. The number of nitrogens with one attached hydrogen (secondary N) is 1. The molecule has 1 N–H and O–H groups in total. The molecule has 2 aliphatic rings. The molecule has 4 nitrogen and oxygen atoms in total. The van der Waals surface area contributed by atoms with Crippen LogP contribution in [0.1, 0.15) is 34.3 Å². The van der Waals surface area contributed by atoms with E-state index < -0.39 is 0 Å². The van der Waals surface area contributed by atoms with Crippen LogP contribution in [0, 0.1) is 18.7 Å². The van der Waals surface area contributed by atoms with Crippen LogP contribution < -0.4 is 5.32 Å². The van der Waals surface area contributed by atoms with Gasteiger partial charge in [-0.3, -0.25) is 4.79 Å². The molecule has 0 spiro atoms. The highest BCUT2D eigenvalue weighted by atomic mass is 19.1. The summed E-state index contributed by atoms with van der Waals surface area (Å²) in [6.45, 7) is 3.84. The van der Waals surface area contributed by atoms with Gasteiger partial charge >= 0.3 is 0 Å². The normalized spacial score (nSPS) is 23.8. The van der Waals surface area contributed by atoms with E-state index in [1.807, 2.05) is 12.1 Å². The lowest BCUT2D eigenvalue weighted by molar-refractivity contribution is -0.125. The van der Waals surface area contributed by atoms with Crippen molar-refractivity contribution in [3.05, 3.63) is 70.7 Å². The first-order valence-electron chi connectivity index (χ1n) is 9.78. The van der Waals surface area contributed by atoms with Crippen molar-refractivity contribution < 1.29 is 9.18 Å². The Kier molecular flexibility index (Phi) is 3.85. The largest absolute Gasteiger partial charge is 0.359 e. The number of aryl methyl sites for hydroxylation is 1. The van der Waals surface area contributed by atoms with E-state index in [4.69, 9.17) is 0 Å². The second-order valence-corrected chi connectivity index (χ2v) is 8.19. The van der Waals surface area contributed by atoms with E-state index in [1.54, 1.807) is 7.05 Å². The van der Waals surface area contributed by atoms with Gasteiger partial charge < -0.3 is 14.8 Å². The Morgan fingerprint density at radius 2 is 1.93 bits per heavy atom. The molecule has 0 saturated carbocycles. The maximum absolute atomic E-state index is 13.6. The summed E-state index contributed by atoms with van der Waals surface area (Å²) in [6, 6.07) is 13.0. The summed E-state index contributed by atoms with van der Waals surface area (Å²) >= 11 is 0. The van der Waals surface area contributed by atoms with Crippen LogP contribution in [0.15, 0.2) is 42.5 Å². The van der Waals surface area contributed by atoms with Crippen molar-refractivity contribution in [3.8, 4) is 0 Å². The Hall–Kier alpha value is -2.66. The number of nitrogens with zero attached hydrogens (tertiary/aromatic N) is 2. The third-order valence-electron chi connectivity index (χ3n) is 6.41. The third kappa shape index (κ3) is 2.35. The van der Waals surface area contributed by atoms with Gasteiger partial charge in [-0.2, -0.15) is 0 Å². The number of rotatable bonds is 2. The number of fused-ring (bicyclic) bond motifs is 3. The van der Waals surface area contributed by atoms with Crippen LogP contribution in [-0.2, 0) is 11.3 Å². The predicted molar refractivity (Wildman–Crippen MR) is 108 cm³/mol. The smallest absolute Gasteiger partial charge is 0.226 e. The highest BCUT2D eigenvalue weighted by Crippen LogP contribution is 2.52. The predicted octanol–water partition coefficient (Wildman–Crippen LogP) is 3.58. The summed E-state index contributed by atoms with van der Waals surface area (Å²) in [7, 11) is 3.82. The minimum absolute atomic E-state index is 0.0459. The van der Waals surface area contributed by atoms with Crippen LogP contribution in [-0.4, -0.2) is 36.0 Å². The van der Waals surface area contributed by atoms with Gasteiger partial charge in [-0.25, -0.2) is 4.39 Å². The van der Waals surface area contributed by atoms with Crippen molar-refractivity contribution in [2.75, 3.05) is 20.6 Å². The summed E-state index contributed by atoms with van der Waals surface area (Å²) in [5.74, 6) is -0.300. The Labute approximate surface area is 163 Å². The lowest BCUT2D eigenvalue weighted by Gasteiger charge is -2.31. The van der Waals surface area contributed by atoms with Gasteiger partial charge in [0.2, 0.25) is 5.91 Å². The van der Waals surface area contributed by atoms with E-state index in [-0.39, 0.29) is 29.6 Å². The number of aromatic nitrogens is 1. The van der Waals surface area contributed by atoms with Crippen molar-refractivity contribution in [1.82, 2.24) is 14.8 Å². The van der Waals surface area contributed by atoms with E-state index in [9.17, 15) is 9.18 Å². The van der Waals surface area contributed by atoms with Crippen molar-refractivity contribution in [1.29, 1.82) is 0 Å². The molecule has 2 aliphatic heterocycles. The monoisotopic (exact) mass is 377 g/mol. The topological polar surface area (TPSA) is 37.3 Å². The molecule has 3 heterocycles. The lowest BCUT2D eigenvalue weighted by atomic mass is 9.81. The van der Waals surface area contributed by atoms with Crippen LogP contribution in [0.2, 0.25) is 0 Å². The first kappa shape index (κ1) is 17.4. The summed E-state index contributed by atoms with van der Waals surface area (Å²) in [5.41, 5.74) is 5.99. The summed E-state index contributed by atoms with van der Waals surface area (Å²) in [4.78, 5) is 15.3. The highest BCUT2D eigenvalue weighted by molar-refractivity contribution is 5.90. The Morgan fingerprint density at radius 3 is 2.64 bits per heavy atom. The van der Waals surface area contributed by atoms with Crippen molar-refractivity contribution >= 4 is 16.8 Å². The zero-order valence-electron chi connectivity index (χ0n) is 16.4. The van der Waals surface area contributed by atoms with Crippen LogP contribution in [0.5, 0.6) is 0 Å². The molecule has 0 saturated heterocycles. The molecule has 5 heteroatoms. The fraction of sp³-hybridized carbons (Fsp3) is 0.348. The van der Waals surface area contributed by atoms with Gasteiger partial charge in [-0.1, -0.05) is 23.8 Å². The Morgan fingerprint density at radius 1 is 1.18 bits per heavy atom. The zero-order chi connectivity index (χ0) is 19.6. The third-order valence-corrected chi connectivity index (χ3v) is 6.41. The number of hydrogen-bond donors (Lipinski definition) is 1. The molecular weight excluding hydrogens is 353 g/mol. The van der Waals surface area contributed by atoms with Crippen molar-refractivity contribution in [3.63, 3.8) is 0 Å². The highest BCUT2D eigenvalue weighted by Gasteiger charge is 2.49. The molecule has 3 unspecified atom stereocenters. The second kappa shape index (κ2) is 6.17. The molecule has 3 aromatic rings. The van der Waals surface area contributed by atoms with Gasteiger partial charge in [0.25, 0.3) is 0 Å². The van der Waals surface area contributed by atoms with Crippen LogP contribution in [0.25, 0.3) is 10.9 Å². The van der Waals surface area contributed by atoms with Gasteiger partial charge in [0, 0.05) is 42.7 Å². The van der Waals surface area contributed by atoms with Crippen LogP contribution in [0.3, 0.4) is 0 Å². The summed E-state index contributed by atoms with van der Waals surface area (Å²) in [6.07, 6.45) is 0. The average Bonchev–Trinajstić information content (AvgIpc) is 3.17. The molecule has 1 amide bonds. The molecule has 0 bridgehead atoms. The number of carbonyl (C=O) groups excluding carboxylic acids is 1. The van der Waals surface area contributed by atoms with Crippen LogP contribution in [0.4, 0.5) is 4.39 Å². The number of likely N-dealkylation sites (N-methyl/N-ethyl adjacent to an activating group) is 1. The molecule has 1 aromatic heterocycles. The Bertz CT molecular complexity index is 1090. The zero-order valence-corrected chi connectivity index (χ0v) is 16.4. The van der Waals surface area contributed by atoms with Gasteiger partial charge in [0.1, 0.15) is 5.82 Å². The molecule has 0 radical (unpaired) electrons. The number of amides is 1. The molecule has 5 rings (SSSR count). The minimum Gasteiger partial charge on any atom is -0.359 e. The van der Waals surface area contributed by atoms with E-state index in [1.165, 1.54) is 34.3 Å². The summed E-state index contributed by atoms with van der Waals surface area (Å²) < 4.78 is 16.0. The number of benzene rings is 2. The fourth-order valence-electron chi connectivity index (χ4n) is 5.31. The van der Waals surface area contributed by atoms with E-state index in [0.717, 1.165) is 24.2 Å². The number of carbonyl (C=O) groups is 1. The standard InChI is InChI=1S/C23H24FN3O/c1-13-4-9-19-16(10-13)17-11-26(3)12-18-20(23(28)25-2)21(27(19)22(17)18)14-5-7-15(24)8-6-14/h4-10,18,20-21H,11-12H2,1-3H3,(H,25,28). The van der Waals surface area contributed by atoms with E-state index >= 15 is 0 Å². The first-order valence-corrected chi connectivity index (χ1v) is 9.78. The van der Waals surface area contributed by atoms with Crippen LogP contribution >= 0.6 is 0 Å². The molecule has 2 aromatic carbocycles. The van der Waals surface area contributed by atoms with E-state index in [2.05, 4.69) is 47.0 Å². The van der Waals surface area contributed by atoms with Gasteiger partial charge in [-0.05, 0) is 49.4 Å². The minimum atomic E-state index is -0.257. The van der Waals surface area contributed by atoms with E-state index in [0.29, 0.717) is 0 Å². The SMILES string of the molecule is CNC(=O)C1C2CN(C)Cc3c2n(c2ccc(C)cc32)C1c1ccc(F)cc1. The quantitative estimate of drug-likeness (QED) is 0.741. The molecule has 3 atom stereocenters. The molecule has 0 aliphatic carbocycles. The number of hydrogen-bond acceptors (Lipinski definition) is 2. The van der Waals surface area contributed by atoms with Gasteiger partial charge in [0.15, 0.2) is 0 Å². The van der Waals surface area contributed by atoms with Gasteiger partial charge in [-0.15, -0.1) is 0 Å². The second-order valence-electron chi connectivity index (χ2n) is 8.19. The molecule has 0 fully saturated rings. The van der Waals surface area contributed by atoms with Gasteiger partial charge in [0.05, 0.1) is 12.0 Å². The molecular formula is C23H24FN3O. The number of halogens is 1. The molecule has 144 valence electrons. The first-order chi connectivity index (χ1) is 13.5. The van der Waals surface area contributed by atoms with Crippen molar-refractivity contribution in [2.24, 2.45) is 5.92 Å². The van der Waals surface area contributed by atoms with Crippen molar-refractivity contribution in [2.45, 2.75) is 25.4 Å². The maximum Gasteiger partial charge on any atom is 0.226 e. The lowest BCUT2D eigenvalue weighted by Crippen LogP contribution is -2.39. The Balaban J connectivity index is 1.82. The maximum atomic E-state index is 13.6. The summed E-state index contributed by atoms with van der Waals surface area (Å²) in [5, 5.41) is 4.15. The average molecular weight is 377 g/mol.